The third-order valence-electron chi connectivity index (χ3n) is 12.0. The van der Waals surface area contributed by atoms with Gasteiger partial charge in [-0.15, -0.1) is 21.5 Å². The summed E-state index contributed by atoms with van der Waals surface area (Å²) in [5.41, 5.74) is -2.01. The van der Waals surface area contributed by atoms with Crippen LogP contribution in [-0.4, -0.2) is 136 Å². The molecule has 0 aliphatic carbocycles. The van der Waals surface area contributed by atoms with Gasteiger partial charge in [-0.2, -0.15) is 4.80 Å². The first kappa shape index (κ1) is 45.1. The molecule has 5 rings (SSSR count). The van der Waals surface area contributed by atoms with E-state index in [1.165, 1.54) is 30.2 Å². The van der Waals surface area contributed by atoms with Crippen LogP contribution >= 0.6 is 11.3 Å². The van der Waals surface area contributed by atoms with E-state index in [1.54, 1.807) is 20.9 Å². The molecule has 13 atom stereocenters. The van der Waals surface area contributed by atoms with Crippen molar-refractivity contribution in [3.8, 4) is 22.5 Å². The maximum Gasteiger partial charge on any atom is 0.408 e. The second-order valence-corrected chi connectivity index (χ2v) is 17.4. The number of hydrogen-bond donors (Lipinski definition) is 2. The number of cyclic esters (lactones) is 1. The van der Waals surface area contributed by atoms with E-state index in [2.05, 4.69) is 37.7 Å². The molecule has 2 aromatic heterocycles. The van der Waals surface area contributed by atoms with Crippen LogP contribution in [0.15, 0.2) is 17.3 Å². The molecular formula is C40H59N7O10S. The van der Waals surface area contributed by atoms with Crippen molar-refractivity contribution in [1.29, 1.82) is 0 Å². The Balaban J connectivity index is 1.58. The number of oxime groups is 1. The van der Waals surface area contributed by atoms with Gasteiger partial charge in [0.1, 0.15) is 31.8 Å². The summed E-state index contributed by atoms with van der Waals surface area (Å²) in [7, 11) is 6.89. The van der Waals surface area contributed by atoms with Crippen molar-refractivity contribution < 1.29 is 48.0 Å². The van der Waals surface area contributed by atoms with E-state index in [-0.39, 0.29) is 31.6 Å². The van der Waals surface area contributed by atoms with Crippen LogP contribution in [0, 0.1) is 35.5 Å². The van der Waals surface area contributed by atoms with E-state index in [9.17, 15) is 19.5 Å². The summed E-state index contributed by atoms with van der Waals surface area (Å²) in [4.78, 5) is 51.5. The molecule has 3 aliphatic heterocycles. The van der Waals surface area contributed by atoms with Crippen LogP contribution in [0.25, 0.3) is 10.7 Å². The summed E-state index contributed by atoms with van der Waals surface area (Å²) < 4.78 is 31.6. The molecular weight excluding hydrogens is 771 g/mol. The van der Waals surface area contributed by atoms with Gasteiger partial charge in [-0.25, -0.2) is 4.79 Å². The number of aliphatic hydroxyl groups excluding tert-OH is 1. The number of alkyl carbamates (subject to hydrolysis) is 1. The molecule has 3 aliphatic rings. The fraction of sp³-hybridized carbons (Fsp3) is 0.725. The Hall–Kier alpha value is -3.99. The molecule has 58 heavy (non-hydrogen) atoms. The lowest BCUT2D eigenvalue weighted by atomic mass is 9.72. The number of Topliss-reactive ketones (excluding diaryl/α,β-unsaturated/α-hetero) is 1. The largest absolute Gasteiger partial charge is 0.458 e. The van der Waals surface area contributed by atoms with Gasteiger partial charge in [-0.05, 0) is 72.0 Å². The number of ketones is 1. The topological polar surface area (TPSA) is 198 Å². The van der Waals surface area contributed by atoms with E-state index in [0.29, 0.717) is 18.0 Å². The van der Waals surface area contributed by atoms with Gasteiger partial charge in [-0.3, -0.25) is 9.59 Å². The molecule has 0 radical (unpaired) electrons. The smallest absolute Gasteiger partial charge is 0.408 e. The Kier molecular flexibility index (Phi) is 14.4. The van der Waals surface area contributed by atoms with Gasteiger partial charge in [0.25, 0.3) is 0 Å². The predicted octanol–water partition coefficient (Wildman–Crippen LogP) is 3.59. The molecule has 2 unspecified atom stereocenters. The van der Waals surface area contributed by atoms with Crippen molar-refractivity contribution in [2.24, 2.45) is 35.9 Å². The third kappa shape index (κ3) is 9.55. The van der Waals surface area contributed by atoms with Crippen LogP contribution < -0.4 is 5.32 Å². The Morgan fingerprint density at radius 2 is 1.86 bits per heavy atom. The van der Waals surface area contributed by atoms with Crippen LogP contribution in [0.1, 0.15) is 79.5 Å². The number of thiophene rings is 1. The summed E-state index contributed by atoms with van der Waals surface area (Å²) in [6, 6.07) is 2.74. The third-order valence-corrected chi connectivity index (χ3v) is 13.0. The number of aromatic nitrogens is 4. The minimum Gasteiger partial charge on any atom is -0.458 e. The van der Waals surface area contributed by atoms with Gasteiger partial charge >= 0.3 is 12.1 Å². The number of hydrogen-bond acceptors (Lipinski definition) is 16. The Morgan fingerprint density at radius 1 is 1.14 bits per heavy atom. The lowest BCUT2D eigenvalue weighted by Crippen LogP contribution is -2.59. The number of esters is 1. The van der Waals surface area contributed by atoms with E-state index >= 15 is 0 Å². The van der Waals surface area contributed by atoms with Crippen LogP contribution in [0.5, 0.6) is 0 Å². The maximum absolute atomic E-state index is 14.4. The highest BCUT2D eigenvalue weighted by atomic mass is 32.1. The van der Waals surface area contributed by atoms with E-state index in [0.717, 1.165) is 9.75 Å². The molecule has 18 heteroatoms. The number of amides is 1. The van der Waals surface area contributed by atoms with E-state index < -0.39 is 83.4 Å². The highest BCUT2D eigenvalue weighted by Gasteiger charge is 2.57. The van der Waals surface area contributed by atoms with Crippen molar-refractivity contribution >= 4 is 34.9 Å². The van der Waals surface area contributed by atoms with Gasteiger partial charge < -0.3 is 43.8 Å². The molecule has 0 saturated carbocycles. The molecule has 320 valence electrons. The second kappa shape index (κ2) is 18.5. The second-order valence-electron chi connectivity index (χ2n) is 16.3. The molecule has 0 spiro atoms. The normalized spacial score (nSPS) is 37.0. The highest BCUT2D eigenvalue weighted by molar-refractivity contribution is 7.15. The number of aliphatic hydroxyl groups is 1. The maximum atomic E-state index is 14.4. The minimum absolute atomic E-state index is 0.0366. The number of nitrogens with one attached hydrogen (secondary N) is 1. The summed E-state index contributed by atoms with van der Waals surface area (Å²) in [5, 5.41) is 31.3. The fourth-order valence-electron chi connectivity index (χ4n) is 8.30. The molecule has 2 aromatic rings. The fourth-order valence-corrected chi connectivity index (χ4v) is 9.10. The zero-order chi connectivity index (χ0) is 42.7. The monoisotopic (exact) mass is 829 g/mol. The van der Waals surface area contributed by atoms with Crippen molar-refractivity contribution in [2.75, 3.05) is 27.8 Å². The van der Waals surface area contributed by atoms with Crippen LogP contribution in [0.2, 0.25) is 0 Å². The van der Waals surface area contributed by atoms with Gasteiger partial charge in [0.05, 0.1) is 46.4 Å². The lowest BCUT2D eigenvalue weighted by Gasteiger charge is -2.46. The van der Waals surface area contributed by atoms with Gasteiger partial charge in [-0.1, -0.05) is 44.7 Å². The first-order valence-corrected chi connectivity index (χ1v) is 20.6. The number of carbonyl (C=O) groups is 3. The number of fused-ring (bicyclic) bond motifs is 1. The van der Waals surface area contributed by atoms with Gasteiger partial charge in [0, 0.05) is 30.2 Å². The van der Waals surface area contributed by atoms with E-state index in [4.69, 9.17) is 28.5 Å². The van der Waals surface area contributed by atoms with Crippen molar-refractivity contribution in [3.05, 3.63) is 17.0 Å². The molecule has 1 amide bonds. The molecule has 17 nitrogen and oxygen atoms in total. The molecule has 3 fully saturated rings. The zero-order valence-corrected chi connectivity index (χ0v) is 36.4. The summed E-state index contributed by atoms with van der Waals surface area (Å²) >= 11 is 1.42. The highest BCUT2D eigenvalue weighted by Crippen LogP contribution is 2.41. The molecule has 0 aromatic carbocycles. The Morgan fingerprint density at radius 3 is 2.50 bits per heavy atom. The SMILES string of the molecule is CC[C@@H]1OC(=O)[C@H](C)C(=O)[C@H](C)[C@@H](OC2O[C@H](C)C[C@H](N(C)C)[C@H]2O)C[C@@](C)(OCC#Cc2ccc(-c3nnn(C)n3)s2)[C@@H](C)/C(=N\OC)[C@@H](C)C2NC(=O)O[C@@]21C. The lowest BCUT2D eigenvalue weighted by molar-refractivity contribution is -0.277. The first-order chi connectivity index (χ1) is 27.3. The summed E-state index contributed by atoms with van der Waals surface area (Å²) in [6.07, 6.45) is -4.02. The van der Waals surface area contributed by atoms with Gasteiger partial charge in [0.2, 0.25) is 5.82 Å². The number of ether oxygens (including phenoxy) is 5. The van der Waals surface area contributed by atoms with Crippen molar-refractivity contribution in [1.82, 2.24) is 30.4 Å². The van der Waals surface area contributed by atoms with Crippen molar-refractivity contribution in [2.45, 2.75) is 129 Å². The number of carbonyl (C=O) groups excluding carboxylic acids is 3. The number of likely N-dealkylation sites (N-methyl/N-ethyl adjacent to an activating group) is 1. The Bertz CT molecular complexity index is 1880. The minimum atomic E-state index is -1.34. The Labute approximate surface area is 344 Å². The van der Waals surface area contributed by atoms with Gasteiger partial charge in [0.15, 0.2) is 17.7 Å². The summed E-state index contributed by atoms with van der Waals surface area (Å²) in [6.45, 7) is 14.3. The average molecular weight is 830 g/mol. The van der Waals surface area contributed by atoms with Crippen LogP contribution in [0.4, 0.5) is 4.79 Å². The van der Waals surface area contributed by atoms with Crippen molar-refractivity contribution in [3.63, 3.8) is 0 Å². The molecule has 2 N–H and O–H groups in total. The van der Waals surface area contributed by atoms with Crippen LogP contribution in [0.3, 0.4) is 0 Å². The number of nitrogens with zero attached hydrogens (tertiary/aromatic N) is 6. The molecule has 3 saturated heterocycles. The van der Waals surface area contributed by atoms with Crippen LogP contribution in [-0.2, 0) is 45.2 Å². The van der Waals surface area contributed by atoms with E-state index in [1.807, 2.05) is 65.7 Å². The quantitative estimate of drug-likeness (QED) is 0.169. The standard InChI is InChI=1S/C40H59N7O10S/c1-13-30-40(8)34(41-38(51)57-40)23(4)31(44-52-12)25(6)39(7,53-18-14-15-26-16-17-29(58-26)35-42-45-47(11)43-35)20-28(22(3)32(48)24(5)36(50)56-30)55-37-33(49)27(46(9)10)19-21(2)54-37/h16-17,21-25,27-28,30,33-34,37,49H,13,18-20H2,1-12H3,(H,41,51)/b44-31-/t21-,22-,23-,24-,25+,27+,28+,30+,33-,34?,37?,39-,40-/m1/s1. The molecule has 0 bridgehead atoms. The molecule has 5 heterocycles. The average Bonchev–Trinajstić information content (AvgIpc) is 3.91. The summed E-state index contributed by atoms with van der Waals surface area (Å²) in [5.74, 6) is 2.38. The number of aryl methyl sites for hydroxylation is 1. The first-order valence-electron chi connectivity index (χ1n) is 19.8. The number of tetrazole rings is 1. The predicted molar refractivity (Wildman–Crippen MR) is 213 cm³/mol. The number of rotatable bonds is 8. The zero-order valence-electron chi connectivity index (χ0n) is 35.5.